The molecule has 1 aromatic rings. The van der Waals surface area contributed by atoms with Gasteiger partial charge < -0.3 is 5.11 Å². The SMILES string of the molecule is CC1Cc2cc(F)ccc2C(=O)C1(C(=O)O)C(F)F. The van der Waals surface area contributed by atoms with Crippen molar-refractivity contribution in [2.45, 2.75) is 19.8 Å². The monoisotopic (exact) mass is 272 g/mol. The summed E-state index contributed by atoms with van der Waals surface area (Å²) in [6.07, 6.45) is -3.39. The van der Waals surface area contributed by atoms with E-state index in [2.05, 4.69) is 0 Å². The Kier molecular flexibility index (Phi) is 3.12. The largest absolute Gasteiger partial charge is 0.480 e. The van der Waals surface area contributed by atoms with E-state index >= 15 is 0 Å². The molecule has 0 fully saturated rings. The number of carboxylic acids is 1. The lowest BCUT2D eigenvalue weighted by atomic mass is 9.64. The highest BCUT2D eigenvalue weighted by Crippen LogP contribution is 2.44. The number of fused-ring (bicyclic) bond motifs is 1. The van der Waals surface area contributed by atoms with Crippen molar-refractivity contribution in [1.82, 2.24) is 0 Å². The molecule has 0 saturated heterocycles. The summed E-state index contributed by atoms with van der Waals surface area (Å²) in [5, 5.41) is 9.11. The third kappa shape index (κ3) is 1.74. The van der Waals surface area contributed by atoms with E-state index in [9.17, 15) is 22.8 Å². The minimum atomic E-state index is -3.31. The first-order valence-electron chi connectivity index (χ1n) is 5.66. The van der Waals surface area contributed by atoms with Gasteiger partial charge in [0.25, 0.3) is 6.43 Å². The van der Waals surface area contributed by atoms with Crippen LogP contribution in [0.1, 0.15) is 22.8 Å². The number of hydrogen-bond acceptors (Lipinski definition) is 2. The number of carboxylic acid groups (broad SMARTS) is 1. The highest BCUT2D eigenvalue weighted by molar-refractivity contribution is 6.14. The summed E-state index contributed by atoms with van der Waals surface area (Å²) in [6.45, 7) is 1.27. The molecule has 3 nitrogen and oxygen atoms in total. The Morgan fingerprint density at radius 2 is 2.11 bits per heavy atom. The van der Waals surface area contributed by atoms with Gasteiger partial charge in [-0.1, -0.05) is 6.92 Å². The van der Waals surface area contributed by atoms with Crippen LogP contribution in [0.3, 0.4) is 0 Å². The van der Waals surface area contributed by atoms with E-state index in [0.29, 0.717) is 0 Å². The average Bonchev–Trinajstić information content (AvgIpc) is 2.27. The van der Waals surface area contributed by atoms with Gasteiger partial charge in [0.2, 0.25) is 0 Å². The van der Waals surface area contributed by atoms with Gasteiger partial charge in [-0.25, -0.2) is 13.2 Å². The minimum Gasteiger partial charge on any atom is -0.480 e. The van der Waals surface area contributed by atoms with Crippen molar-refractivity contribution in [2.24, 2.45) is 11.3 Å². The van der Waals surface area contributed by atoms with E-state index in [1.807, 2.05) is 0 Å². The standard InChI is InChI=1S/C13H11F3O3/c1-6-4-7-5-8(14)2-3-9(7)10(17)13(6,11(15)16)12(18)19/h2-3,5-6,11H,4H2,1H3,(H,18,19). The molecule has 1 aliphatic carbocycles. The van der Waals surface area contributed by atoms with E-state index in [4.69, 9.17) is 5.11 Å². The van der Waals surface area contributed by atoms with Crippen LogP contribution in [0.25, 0.3) is 0 Å². The first kappa shape index (κ1) is 13.6. The summed E-state index contributed by atoms with van der Waals surface area (Å²) in [4.78, 5) is 23.4. The third-order valence-electron chi connectivity index (χ3n) is 3.69. The summed E-state index contributed by atoms with van der Waals surface area (Å²) in [7, 11) is 0. The van der Waals surface area contributed by atoms with Crippen molar-refractivity contribution in [2.75, 3.05) is 0 Å². The van der Waals surface area contributed by atoms with Gasteiger partial charge in [0.05, 0.1) is 0 Å². The van der Waals surface area contributed by atoms with Crippen molar-refractivity contribution < 1.29 is 27.9 Å². The zero-order chi connectivity index (χ0) is 14.4. The molecule has 0 aromatic heterocycles. The molecule has 0 heterocycles. The van der Waals surface area contributed by atoms with Crippen molar-refractivity contribution in [1.29, 1.82) is 0 Å². The van der Waals surface area contributed by atoms with Gasteiger partial charge in [-0.2, -0.15) is 0 Å². The van der Waals surface area contributed by atoms with Gasteiger partial charge in [0, 0.05) is 5.56 Å². The Hall–Kier alpha value is -1.85. The fourth-order valence-corrected chi connectivity index (χ4v) is 2.61. The van der Waals surface area contributed by atoms with Gasteiger partial charge in [-0.15, -0.1) is 0 Å². The number of ketones is 1. The predicted molar refractivity (Wildman–Crippen MR) is 59.7 cm³/mol. The third-order valence-corrected chi connectivity index (χ3v) is 3.69. The normalized spacial score (nSPS) is 26.4. The lowest BCUT2D eigenvalue weighted by Gasteiger charge is -2.37. The smallest absolute Gasteiger partial charge is 0.323 e. The fraction of sp³-hybridized carbons (Fsp3) is 0.385. The van der Waals surface area contributed by atoms with Crippen LogP contribution in [0.15, 0.2) is 18.2 Å². The molecule has 1 N–H and O–H groups in total. The van der Waals surface area contributed by atoms with Gasteiger partial charge >= 0.3 is 5.97 Å². The molecule has 0 radical (unpaired) electrons. The summed E-state index contributed by atoms with van der Waals surface area (Å²) >= 11 is 0. The number of Topliss-reactive ketones (excluding diaryl/α,β-unsaturated/α-hetero) is 1. The minimum absolute atomic E-state index is 0.0739. The average molecular weight is 272 g/mol. The van der Waals surface area contributed by atoms with Crippen molar-refractivity contribution in [3.63, 3.8) is 0 Å². The molecule has 0 saturated carbocycles. The maximum Gasteiger partial charge on any atom is 0.323 e. The molecular weight excluding hydrogens is 261 g/mol. The van der Waals surface area contributed by atoms with E-state index in [1.165, 1.54) is 6.92 Å². The van der Waals surface area contributed by atoms with E-state index in [1.54, 1.807) is 0 Å². The number of carbonyl (C=O) groups is 2. The second-order valence-corrected chi connectivity index (χ2v) is 4.71. The van der Waals surface area contributed by atoms with Crippen LogP contribution in [-0.2, 0) is 11.2 Å². The van der Waals surface area contributed by atoms with Gasteiger partial charge in [0.15, 0.2) is 11.2 Å². The predicted octanol–water partition coefficient (Wildman–Crippen LogP) is 2.54. The first-order valence-corrected chi connectivity index (χ1v) is 5.66. The highest BCUT2D eigenvalue weighted by Gasteiger charge is 2.60. The number of benzene rings is 1. The zero-order valence-corrected chi connectivity index (χ0v) is 9.99. The molecular formula is C13H11F3O3. The quantitative estimate of drug-likeness (QED) is 0.842. The van der Waals surface area contributed by atoms with Crippen LogP contribution in [0.2, 0.25) is 0 Å². The lowest BCUT2D eigenvalue weighted by Crippen LogP contribution is -2.53. The van der Waals surface area contributed by atoms with Gasteiger partial charge in [-0.3, -0.25) is 9.59 Å². The second kappa shape index (κ2) is 4.36. The molecule has 2 unspecified atom stereocenters. The number of carbonyl (C=O) groups excluding carboxylic acids is 1. The van der Waals surface area contributed by atoms with Crippen LogP contribution in [0.5, 0.6) is 0 Å². The van der Waals surface area contributed by atoms with E-state index in [-0.39, 0.29) is 17.5 Å². The zero-order valence-electron chi connectivity index (χ0n) is 9.99. The summed E-state index contributed by atoms with van der Waals surface area (Å²) < 4.78 is 39.5. The number of alkyl halides is 2. The van der Waals surface area contributed by atoms with Crippen molar-refractivity contribution in [3.05, 3.63) is 35.1 Å². The fourth-order valence-electron chi connectivity index (χ4n) is 2.61. The summed E-state index contributed by atoms with van der Waals surface area (Å²) in [6, 6.07) is 3.12. The van der Waals surface area contributed by atoms with E-state index < -0.39 is 35.3 Å². The maximum absolute atomic E-state index is 13.2. The van der Waals surface area contributed by atoms with Crippen LogP contribution in [0, 0.1) is 17.2 Å². The van der Waals surface area contributed by atoms with Gasteiger partial charge in [0.1, 0.15) is 5.82 Å². The Morgan fingerprint density at radius 1 is 1.47 bits per heavy atom. The summed E-state index contributed by atoms with van der Waals surface area (Å²) in [5.74, 6) is -4.68. The second-order valence-electron chi connectivity index (χ2n) is 4.71. The Morgan fingerprint density at radius 3 is 2.63 bits per heavy atom. The van der Waals surface area contributed by atoms with Crippen LogP contribution in [-0.4, -0.2) is 23.3 Å². The number of halogens is 3. The van der Waals surface area contributed by atoms with Crippen LogP contribution < -0.4 is 0 Å². The molecule has 0 spiro atoms. The molecule has 1 aromatic carbocycles. The molecule has 6 heteroatoms. The van der Waals surface area contributed by atoms with Crippen molar-refractivity contribution in [3.8, 4) is 0 Å². The Balaban J connectivity index is 2.65. The molecule has 2 rings (SSSR count). The number of hydrogen-bond donors (Lipinski definition) is 1. The number of aliphatic carboxylic acids is 1. The van der Waals surface area contributed by atoms with Crippen molar-refractivity contribution >= 4 is 11.8 Å². The van der Waals surface area contributed by atoms with E-state index in [0.717, 1.165) is 18.2 Å². The molecule has 0 aliphatic heterocycles. The summed E-state index contributed by atoms with van der Waals surface area (Å²) in [5.41, 5.74) is -2.61. The molecule has 2 atom stereocenters. The first-order chi connectivity index (χ1) is 8.81. The molecule has 0 bridgehead atoms. The Bertz CT molecular complexity index is 556. The van der Waals surface area contributed by atoms with Gasteiger partial charge in [-0.05, 0) is 36.1 Å². The lowest BCUT2D eigenvalue weighted by molar-refractivity contribution is -0.158. The topological polar surface area (TPSA) is 54.4 Å². The van der Waals surface area contributed by atoms with Crippen LogP contribution in [0.4, 0.5) is 13.2 Å². The molecule has 0 amide bonds. The Labute approximate surface area is 107 Å². The maximum atomic E-state index is 13.2. The molecule has 19 heavy (non-hydrogen) atoms. The molecule has 1 aliphatic rings. The number of rotatable bonds is 2. The highest BCUT2D eigenvalue weighted by atomic mass is 19.3. The molecule has 102 valence electrons. The van der Waals surface area contributed by atoms with Crippen LogP contribution >= 0.6 is 0 Å².